The Hall–Kier alpha value is -0.250. The summed E-state index contributed by atoms with van der Waals surface area (Å²) >= 11 is 0. The van der Waals surface area contributed by atoms with E-state index >= 15 is 0 Å². The van der Waals surface area contributed by atoms with Crippen LogP contribution >= 0.6 is 0 Å². The molecule has 9 heavy (non-hydrogen) atoms. The zero-order chi connectivity index (χ0) is 6.91. The van der Waals surface area contributed by atoms with Crippen LogP contribution in [0.15, 0.2) is 0 Å². The molecule has 0 N–H and O–H groups in total. The Balaban J connectivity index is 2.16. The van der Waals surface area contributed by atoms with E-state index in [9.17, 15) is 13.2 Å². The lowest BCUT2D eigenvalue weighted by atomic mass is 10.1. The van der Waals surface area contributed by atoms with E-state index in [0.29, 0.717) is 13.0 Å². The van der Waals surface area contributed by atoms with Crippen molar-refractivity contribution >= 4 is 0 Å². The average molecular weight is 140 g/mol. The smallest absolute Gasteiger partial charge is 0.378 e. The molecule has 4 heteroatoms. The van der Waals surface area contributed by atoms with Gasteiger partial charge < -0.3 is 4.74 Å². The van der Waals surface area contributed by atoms with Crippen molar-refractivity contribution in [3.05, 3.63) is 0 Å². The molecule has 0 amide bonds. The molecule has 1 saturated heterocycles. The zero-order valence-electron chi connectivity index (χ0n) is 4.74. The molecule has 0 aromatic carbocycles. The van der Waals surface area contributed by atoms with Crippen LogP contribution in [0, 0.1) is 0 Å². The lowest BCUT2D eigenvalue weighted by Gasteiger charge is -2.26. The Labute approximate surface area is 50.8 Å². The van der Waals surface area contributed by atoms with Crippen LogP contribution in [0.1, 0.15) is 12.8 Å². The van der Waals surface area contributed by atoms with Gasteiger partial charge in [0.1, 0.15) is 0 Å². The molecule has 1 unspecified atom stereocenters. The van der Waals surface area contributed by atoms with Crippen molar-refractivity contribution in [1.29, 1.82) is 0 Å². The molecule has 1 heterocycles. The molecule has 1 aliphatic heterocycles. The van der Waals surface area contributed by atoms with Crippen molar-refractivity contribution in [3.8, 4) is 0 Å². The van der Waals surface area contributed by atoms with Crippen LogP contribution in [-0.2, 0) is 4.74 Å². The van der Waals surface area contributed by atoms with Crippen LogP contribution < -0.4 is 0 Å². The van der Waals surface area contributed by atoms with Crippen LogP contribution in [0.25, 0.3) is 0 Å². The second-order valence-electron chi connectivity index (χ2n) is 2.10. The van der Waals surface area contributed by atoms with Crippen molar-refractivity contribution in [1.82, 2.24) is 0 Å². The van der Waals surface area contributed by atoms with E-state index in [2.05, 4.69) is 4.74 Å². The predicted octanol–water partition coefficient (Wildman–Crippen LogP) is 1.73. The summed E-state index contributed by atoms with van der Waals surface area (Å²) in [5.74, 6) is 0. The van der Waals surface area contributed by atoms with Gasteiger partial charge in [0.2, 0.25) is 0 Å². The fourth-order valence-electron chi connectivity index (χ4n) is 0.704. The number of halogens is 3. The Kier molecular flexibility index (Phi) is 1.66. The zero-order valence-corrected chi connectivity index (χ0v) is 4.74. The third-order valence-electron chi connectivity index (χ3n) is 1.25. The lowest BCUT2D eigenvalue weighted by Crippen LogP contribution is -2.31. The highest BCUT2D eigenvalue weighted by molar-refractivity contribution is 4.69. The number of hydrogen-bond donors (Lipinski definition) is 0. The maximum Gasteiger partial charge on any atom is 0.391 e. The maximum atomic E-state index is 11.4. The molecule has 0 bridgehead atoms. The van der Waals surface area contributed by atoms with Crippen molar-refractivity contribution in [2.45, 2.75) is 25.1 Å². The second kappa shape index (κ2) is 2.17. The van der Waals surface area contributed by atoms with Gasteiger partial charge in [0.15, 0.2) is 0 Å². The maximum absolute atomic E-state index is 11.4. The Morgan fingerprint density at radius 1 is 1.44 bits per heavy atom. The molecular formula is C5H7F3O. The van der Waals surface area contributed by atoms with Crippen molar-refractivity contribution in [2.75, 3.05) is 6.61 Å². The topological polar surface area (TPSA) is 9.23 Å². The van der Waals surface area contributed by atoms with Gasteiger partial charge >= 0.3 is 6.18 Å². The summed E-state index contributed by atoms with van der Waals surface area (Å²) in [6, 6.07) is 0. The van der Waals surface area contributed by atoms with E-state index in [1.807, 2.05) is 0 Å². The summed E-state index contributed by atoms with van der Waals surface area (Å²) in [6.07, 6.45) is -4.83. The molecule has 0 radical (unpaired) electrons. The molecule has 0 aromatic rings. The van der Waals surface area contributed by atoms with E-state index in [-0.39, 0.29) is 0 Å². The summed E-state index contributed by atoms with van der Waals surface area (Å²) in [7, 11) is 0. The van der Waals surface area contributed by atoms with Gasteiger partial charge in [0.25, 0.3) is 0 Å². The van der Waals surface area contributed by atoms with Gasteiger partial charge in [0, 0.05) is 6.61 Å². The standard InChI is InChI=1S/C5H7F3O/c6-5(7,8)3-4-1-2-9-4/h4H,1-3H2. The number of alkyl halides is 3. The number of ether oxygens (including phenoxy) is 1. The molecular weight excluding hydrogens is 133 g/mol. The molecule has 1 aliphatic rings. The van der Waals surface area contributed by atoms with E-state index in [0.717, 1.165) is 0 Å². The summed E-state index contributed by atoms with van der Waals surface area (Å²) < 4.78 is 38.9. The molecule has 0 spiro atoms. The van der Waals surface area contributed by atoms with Crippen molar-refractivity contribution in [2.24, 2.45) is 0 Å². The van der Waals surface area contributed by atoms with Gasteiger partial charge in [0.05, 0.1) is 12.5 Å². The first-order valence-corrected chi connectivity index (χ1v) is 2.76. The van der Waals surface area contributed by atoms with Gasteiger partial charge in [-0.3, -0.25) is 0 Å². The number of hydrogen-bond acceptors (Lipinski definition) is 1. The van der Waals surface area contributed by atoms with Crippen LogP contribution in [0.2, 0.25) is 0 Å². The van der Waals surface area contributed by atoms with Gasteiger partial charge in [-0.2, -0.15) is 13.2 Å². The quantitative estimate of drug-likeness (QED) is 0.539. The molecule has 54 valence electrons. The normalized spacial score (nSPS) is 27.7. The van der Waals surface area contributed by atoms with E-state index in [1.165, 1.54) is 0 Å². The van der Waals surface area contributed by atoms with Gasteiger partial charge in [-0.1, -0.05) is 0 Å². The monoisotopic (exact) mass is 140 g/mol. The fourth-order valence-corrected chi connectivity index (χ4v) is 0.704. The summed E-state index contributed by atoms with van der Waals surface area (Å²) in [5, 5.41) is 0. The predicted molar refractivity (Wildman–Crippen MR) is 25.0 cm³/mol. The van der Waals surface area contributed by atoms with E-state index in [4.69, 9.17) is 0 Å². The van der Waals surface area contributed by atoms with Crippen LogP contribution in [-0.4, -0.2) is 18.9 Å². The number of rotatable bonds is 1. The largest absolute Gasteiger partial charge is 0.391 e. The third kappa shape index (κ3) is 2.22. The molecule has 1 rings (SSSR count). The Morgan fingerprint density at radius 2 is 2.00 bits per heavy atom. The van der Waals surface area contributed by atoms with E-state index < -0.39 is 18.7 Å². The van der Waals surface area contributed by atoms with Crippen LogP contribution in [0.3, 0.4) is 0 Å². The third-order valence-corrected chi connectivity index (χ3v) is 1.25. The minimum absolute atomic E-state index is 0.487. The SMILES string of the molecule is FC(F)(F)CC1CCO1. The molecule has 0 aliphatic carbocycles. The van der Waals surface area contributed by atoms with Crippen molar-refractivity contribution in [3.63, 3.8) is 0 Å². The van der Waals surface area contributed by atoms with Gasteiger partial charge in [-0.05, 0) is 6.42 Å². The van der Waals surface area contributed by atoms with E-state index in [1.54, 1.807) is 0 Å². The lowest BCUT2D eigenvalue weighted by molar-refractivity contribution is -0.182. The Morgan fingerprint density at radius 3 is 2.11 bits per heavy atom. The molecule has 0 saturated carbocycles. The Bertz CT molecular complexity index is 94.9. The van der Waals surface area contributed by atoms with Crippen LogP contribution in [0.4, 0.5) is 13.2 Å². The highest BCUT2D eigenvalue weighted by atomic mass is 19.4. The van der Waals surface area contributed by atoms with Crippen LogP contribution in [0.5, 0.6) is 0 Å². The molecule has 1 atom stereocenters. The fraction of sp³-hybridized carbons (Fsp3) is 1.00. The summed E-state index contributed by atoms with van der Waals surface area (Å²) in [4.78, 5) is 0. The minimum Gasteiger partial charge on any atom is -0.378 e. The molecule has 1 nitrogen and oxygen atoms in total. The highest BCUT2D eigenvalue weighted by Gasteiger charge is 2.35. The molecule has 1 fully saturated rings. The average Bonchev–Trinajstić information content (AvgIpc) is 1.53. The first-order chi connectivity index (χ1) is 4.08. The van der Waals surface area contributed by atoms with Gasteiger partial charge in [-0.25, -0.2) is 0 Å². The summed E-state index contributed by atoms with van der Waals surface area (Å²) in [5.41, 5.74) is 0. The first-order valence-electron chi connectivity index (χ1n) is 2.76. The molecule has 0 aromatic heterocycles. The highest BCUT2D eigenvalue weighted by Crippen LogP contribution is 2.27. The second-order valence-corrected chi connectivity index (χ2v) is 2.10. The van der Waals surface area contributed by atoms with Crippen molar-refractivity contribution < 1.29 is 17.9 Å². The van der Waals surface area contributed by atoms with Gasteiger partial charge in [-0.15, -0.1) is 0 Å². The first kappa shape index (κ1) is 6.86. The minimum atomic E-state index is -4.05. The summed E-state index contributed by atoms with van der Waals surface area (Å²) in [6.45, 7) is 0.487.